The van der Waals surface area contributed by atoms with Crippen LogP contribution >= 0.6 is 0 Å². The van der Waals surface area contributed by atoms with Gasteiger partial charge in [0, 0.05) is 22.7 Å². The Morgan fingerprint density at radius 1 is 1.35 bits per heavy atom. The van der Waals surface area contributed by atoms with Crippen LogP contribution in [0.5, 0.6) is 0 Å². The Bertz CT molecular complexity index is 708. The maximum atomic E-state index is 12.8. The topological polar surface area (TPSA) is 79.5 Å². The predicted octanol–water partition coefficient (Wildman–Crippen LogP) is 1.60. The normalized spacial score (nSPS) is 25.8. The number of aromatic nitrogens is 2. The lowest BCUT2D eigenvalue weighted by molar-refractivity contribution is 0.0569. The number of hydrogen-bond donors (Lipinski definition) is 1. The lowest BCUT2D eigenvalue weighted by Crippen LogP contribution is -2.40. The molecule has 0 saturated heterocycles. The molecule has 1 heterocycles. The summed E-state index contributed by atoms with van der Waals surface area (Å²) in [5, 5.41) is 16.9. The molecular formula is C14H17N3O3. The monoisotopic (exact) mass is 278 g/mol. The van der Waals surface area contributed by atoms with Crippen molar-refractivity contribution in [1.82, 2.24) is 15.2 Å². The summed E-state index contributed by atoms with van der Waals surface area (Å²) >= 11 is 0. The molecule has 1 aliphatic carbocycles. The van der Waals surface area contributed by atoms with Gasteiger partial charge in [0.1, 0.15) is 11.0 Å². The van der Waals surface area contributed by atoms with Crippen LogP contribution < -0.4 is 0 Å². The summed E-state index contributed by atoms with van der Waals surface area (Å²) in [5.41, 5.74) is 1.14. The fourth-order valence-electron chi connectivity index (χ4n) is 2.54. The molecule has 0 spiro atoms. The van der Waals surface area contributed by atoms with E-state index >= 15 is 0 Å². The highest BCUT2D eigenvalue weighted by atomic mass is 16.6. The molecule has 106 valence electrons. The molecule has 0 atom stereocenters. The van der Waals surface area contributed by atoms with E-state index in [2.05, 4.69) is 14.9 Å². The van der Waals surface area contributed by atoms with Crippen LogP contribution in [0.4, 0.5) is 0 Å². The van der Waals surface area contributed by atoms with Crippen molar-refractivity contribution in [2.45, 2.75) is 37.8 Å². The number of benzene rings is 1. The van der Waals surface area contributed by atoms with Crippen LogP contribution in [0.3, 0.4) is 0 Å². The van der Waals surface area contributed by atoms with Crippen LogP contribution in [0.2, 0.25) is 0 Å². The van der Waals surface area contributed by atoms with E-state index in [1.807, 2.05) is 0 Å². The number of nitrogens with zero attached hydrogens (tertiary/aromatic N) is 3. The van der Waals surface area contributed by atoms with Gasteiger partial charge in [0.05, 0.1) is 6.10 Å². The van der Waals surface area contributed by atoms with Crippen molar-refractivity contribution in [3.05, 3.63) is 23.8 Å². The number of rotatable bonds is 2. The van der Waals surface area contributed by atoms with Crippen LogP contribution in [0.25, 0.3) is 11.0 Å². The molecule has 6 heteroatoms. The number of amides is 1. The van der Waals surface area contributed by atoms with Gasteiger partial charge in [-0.2, -0.15) is 0 Å². The zero-order valence-electron chi connectivity index (χ0n) is 13.8. The van der Waals surface area contributed by atoms with Gasteiger partial charge in [0.15, 0.2) is 0 Å². The highest BCUT2D eigenvalue weighted by Crippen LogP contribution is 2.24. The molecular weight excluding hydrogens is 258 g/mol. The van der Waals surface area contributed by atoms with E-state index < -0.39 is 25.0 Å². The molecule has 1 N–H and O–H groups in total. The molecule has 20 heavy (non-hydrogen) atoms. The molecule has 0 bridgehead atoms. The third-order valence-electron chi connectivity index (χ3n) is 3.75. The van der Waals surface area contributed by atoms with E-state index in [0.29, 0.717) is 36.7 Å². The van der Waals surface area contributed by atoms with Gasteiger partial charge in [-0.25, -0.2) is 4.63 Å². The van der Waals surface area contributed by atoms with Gasteiger partial charge in [-0.15, -0.1) is 0 Å². The van der Waals surface area contributed by atoms with E-state index in [9.17, 15) is 9.90 Å². The Morgan fingerprint density at radius 2 is 2.10 bits per heavy atom. The second-order valence-corrected chi connectivity index (χ2v) is 5.11. The van der Waals surface area contributed by atoms with Crippen LogP contribution in [0.1, 0.15) is 40.2 Å². The summed E-state index contributed by atoms with van der Waals surface area (Å²) in [5.74, 6) is -0.573. The van der Waals surface area contributed by atoms with Gasteiger partial charge in [0.2, 0.25) is 0 Å². The van der Waals surface area contributed by atoms with E-state index in [1.165, 1.54) is 12.1 Å². The van der Waals surface area contributed by atoms with Gasteiger partial charge < -0.3 is 10.0 Å². The molecule has 1 amide bonds. The molecule has 0 radical (unpaired) electrons. The largest absolute Gasteiger partial charge is 0.393 e. The quantitative estimate of drug-likeness (QED) is 0.902. The number of aliphatic hydroxyl groups is 1. The Balaban J connectivity index is 1.90. The number of aliphatic hydroxyl groups excluding tert-OH is 1. The van der Waals surface area contributed by atoms with Crippen molar-refractivity contribution in [3.8, 4) is 0 Å². The van der Waals surface area contributed by atoms with Crippen molar-refractivity contribution < 1.29 is 18.6 Å². The summed E-state index contributed by atoms with van der Waals surface area (Å²) in [6.45, 7) is -2.54. The van der Waals surface area contributed by atoms with Crippen LogP contribution in [0, 0.1) is 0 Å². The minimum Gasteiger partial charge on any atom is -0.393 e. The predicted molar refractivity (Wildman–Crippen MR) is 72.2 cm³/mol. The average Bonchev–Trinajstić information content (AvgIpc) is 2.95. The average molecular weight is 278 g/mol. The van der Waals surface area contributed by atoms with Crippen molar-refractivity contribution >= 4 is 16.9 Å². The number of hydrogen-bond acceptors (Lipinski definition) is 5. The Kier molecular flexibility index (Phi) is 2.57. The van der Waals surface area contributed by atoms with E-state index in [0.717, 1.165) is 4.90 Å². The summed E-state index contributed by atoms with van der Waals surface area (Å²) in [6.07, 6.45) is 1.52. The smallest absolute Gasteiger partial charge is 0.253 e. The molecule has 1 fully saturated rings. The van der Waals surface area contributed by atoms with Gasteiger partial charge in [-0.05, 0) is 54.2 Å². The maximum Gasteiger partial charge on any atom is 0.253 e. The van der Waals surface area contributed by atoms with E-state index in [4.69, 9.17) is 4.11 Å². The third kappa shape index (κ3) is 2.38. The second kappa shape index (κ2) is 5.20. The first-order chi connectivity index (χ1) is 10.9. The van der Waals surface area contributed by atoms with Crippen LogP contribution in [-0.2, 0) is 0 Å². The van der Waals surface area contributed by atoms with Crippen molar-refractivity contribution in [2.24, 2.45) is 0 Å². The zero-order valence-corrected chi connectivity index (χ0v) is 10.8. The van der Waals surface area contributed by atoms with Crippen LogP contribution in [-0.4, -0.2) is 45.3 Å². The third-order valence-corrected chi connectivity index (χ3v) is 3.75. The Hall–Kier alpha value is -1.95. The van der Waals surface area contributed by atoms with Gasteiger partial charge in [0.25, 0.3) is 5.91 Å². The standard InChI is InChI=1S/C14H17N3O3/c1-17(10-3-5-11(18)6-4-10)14(19)9-2-7-12-13(8-9)16-20-15-12/h2,7-8,10-11,18H,3-6H2,1H3/i1D3. The molecule has 1 aromatic carbocycles. The zero-order chi connectivity index (χ0) is 16.6. The van der Waals surface area contributed by atoms with Crippen molar-refractivity contribution in [3.63, 3.8) is 0 Å². The Labute approximate surface area is 120 Å². The fourth-order valence-corrected chi connectivity index (χ4v) is 2.54. The lowest BCUT2D eigenvalue weighted by Gasteiger charge is -2.33. The van der Waals surface area contributed by atoms with Gasteiger partial charge in [-0.3, -0.25) is 4.79 Å². The molecule has 6 nitrogen and oxygen atoms in total. The molecule has 2 aromatic rings. The van der Waals surface area contributed by atoms with Gasteiger partial charge in [-0.1, -0.05) is 0 Å². The first-order valence-electron chi connectivity index (χ1n) is 8.10. The van der Waals surface area contributed by atoms with E-state index in [1.54, 1.807) is 6.07 Å². The fraction of sp³-hybridized carbons (Fsp3) is 0.500. The summed E-state index contributed by atoms with van der Waals surface area (Å²) in [4.78, 5) is 13.7. The number of fused-ring (bicyclic) bond motifs is 1. The SMILES string of the molecule is [2H]C([2H])([2H])N(C(=O)c1ccc2nonc2c1)C1CCC(O)CC1. The lowest BCUT2D eigenvalue weighted by atomic mass is 9.92. The maximum absolute atomic E-state index is 12.8. The highest BCUT2D eigenvalue weighted by molar-refractivity contribution is 5.97. The molecule has 1 aromatic heterocycles. The first kappa shape index (κ1) is 9.88. The minimum atomic E-state index is -2.54. The van der Waals surface area contributed by atoms with Gasteiger partial charge >= 0.3 is 0 Å². The molecule has 1 aliphatic rings. The summed E-state index contributed by atoms with van der Waals surface area (Å²) in [6, 6.07) is 4.15. The number of carbonyl (C=O) groups is 1. The van der Waals surface area contributed by atoms with Crippen LogP contribution in [0.15, 0.2) is 22.8 Å². The Morgan fingerprint density at radius 3 is 2.85 bits per heavy atom. The summed E-state index contributed by atoms with van der Waals surface area (Å²) in [7, 11) is 0. The molecule has 0 unspecified atom stereocenters. The first-order valence-corrected chi connectivity index (χ1v) is 6.60. The van der Waals surface area contributed by atoms with Crippen molar-refractivity contribution in [1.29, 1.82) is 0 Å². The molecule has 3 rings (SSSR count). The minimum absolute atomic E-state index is 0.232. The molecule has 1 saturated carbocycles. The second-order valence-electron chi connectivity index (χ2n) is 5.11. The number of carbonyl (C=O) groups excluding carboxylic acids is 1. The molecule has 0 aliphatic heterocycles. The van der Waals surface area contributed by atoms with Crippen molar-refractivity contribution in [2.75, 3.05) is 6.98 Å². The highest BCUT2D eigenvalue weighted by Gasteiger charge is 2.26. The van der Waals surface area contributed by atoms with E-state index in [-0.39, 0.29) is 5.56 Å². The summed E-state index contributed by atoms with van der Waals surface area (Å²) < 4.78 is 27.7.